The molecule has 1 aliphatic rings. The Balaban J connectivity index is 0.00000225. The Morgan fingerprint density at radius 3 is 2.64 bits per heavy atom. The Labute approximate surface area is 192 Å². The maximum atomic E-state index is 3.44. The number of aryl methyl sites for hydroxylation is 2. The van der Waals surface area contributed by atoms with E-state index >= 15 is 0 Å². The first-order chi connectivity index (χ1) is 13.3. The van der Waals surface area contributed by atoms with E-state index in [0.29, 0.717) is 0 Å². The van der Waals surface area contributed by atoms with Gasteiger partial charge in [-0.3, -0.25) is 0 Å². The third-order valence-corrected chi connectivity index (χ3v) is 6.75. The van der Waals surface area contributed by atoms with E-state index in [9.17, 15) is 0 Å². The molecule has 2 heterocycles. The summed E-state index contributed by atoms with van der Waals surface area (Å²) in [5.74, 6) is 0. The van der Waals surface area contributed by atoms with Crippen LogP contribution >= 0.6 is 23.1 Å². The van der Waals surface area contributed by atoms with Crippen molar-refractivity contribution in [3.05, 3.63) is 82.4 Å². The molecule has 1 aliphatic heterocycles. The van der Waals surface area contributed by atoms with Crippen LogP contribution in [0.25, 0.3) is 16.3 Å². The van der Waals surface area contributed by atoms with Crippen LogP contribution in [0.2, 0.25) is 0 Å². The molecule has 1 N–H and O–H groups in total. The van der Waals surface area contributed by atoms with Gasteiger partial charge in [0, 0.05) is 16.5 Å². The number of aromatic nitrogens is 1. The molecule has 0 atom stereocenters. The number of allylic oxidation sites excluding steroid dienone is 4. The molecule has 144 valence electrons. The summed E-state index contributed by atoms with van der Waals surface area (Å²) in [5, 5.41) is 5.90. The van der Waals surface area contributed by atoms with Crippen molar-refractivity contribution in [3.8, 4) is 0 Å². The average molecular weight is 518 g/mol. The highest BCUT2D eigenvalue weighted by Crippen LogP contribution is 2.40. The van der Waals surface area contributed by atoms with E-state index in [-0.39, 0.29) is 24.0 Å². The molecular weight excluding hydrogens is 495 g/mol. The van der Waals surface area contributed by atoms with Crippen LogP contribution in [-0.4, -0.2) is 0 Å². The van der Waals surface area contributed by atoms with Crippen LogP contribution in [0.3, 0.4) is 0 Å². The lowest BCUT2D eigenvalue weighted by Crippen LogP contribution is -3.00. The summed E-state index contributed by atoms with van der Waals surface area (Å²) < 4.78 is 3.79. The van der Waals surface area contributed by atoms with Crippen molar-refractivity contribution in [2.45, 2.75) is 31.7 Å². The zero-order valence-corrected chi connectivity index (χ0v) is 19.8. The van der Waals surface area contributed by atoms with E-state index in [4.69, 9.17) is 0 Å². The summed E-state index contributed by atoms with van der Waals surface area (Å²) in [5.41, 5.74) is 4.01. The molecule has 28 heavy (non-hydrogen) atoms. The SMILES string of the molecule is CCc1cccc2sc(C=CC=CC=C3Nc4ccccc4S3)[n+](CC)c12.[I-]. The number of halogens is 1. The maximum absolute atomic E-state index is 3.44. The zero-order chi connectivity index (χ0) is 18.6. The average Bonchev–Trinajstić information content (AvgIpc) is 3.27. The van der Waals surface area contributed by atoms with Crippen LogP contribution in [0.1, 0.15) is 24.4 Å². The normalized spacial score (nSPS) is 14.7. The highest BCUT2D eigenvalue weighted by molar-refractivity contribution is 8.03. The Morgan fingerprint density at radius 1 is 1.00 bits per heavy atom. The molecular formula is C23H23IN2S2. The predicted octanol–water partition coefficient (Wildman–Crippen LogP) is 3.40. The van der Waals surface area contributed by atoms with Crippen LogP contribution in [0.15, 0.2) is 76.7 Å². The summed E-state index contributed by atoms with van der Waals surface area (Å²) in [4.78, 5) is 1.29. The van der Waals surface area contributed by atoms with Gasteiger partial charge in [-0.05, 0) is 37.6 Å². The topological polar surface area (TPSA) is 15.9 Å². The Morgan fingerprint density at radius 2 is 1.86 bits per heavy atom. The summed E-state index contributed by atoms with van der Waals surface area (Å²) >= 11 is 3.64. The van der Waals surface area contributed by atoms with Crippen LogP contribution in [0.4, 0.5) is 5.69 Å². The van der Waals surface area contributed by atoms with Gasteiger partial charge in [-0.1, -0.05) is 72.5 Å². The Hall–Kier alpha value is -1.57. The van der Waals surface area contributed by atoms with Gasteiger partial charge >= 0.3 is 0 Å². The number of thiazole rings is 1. The van der Waals surface area contributed by atoms with Gasteiger partial charge in [-0.2, -0.15) is 4.57 Å². The van der Waals surface area contributed by atoms with Crippen molar-refractivity contribution in [1.29, 1.82) is 0 Å². The first-order valence-electron chi connectivity index (χ1n) is 9.33. The minimum atomic E-state index is 0. The standard InChI is InChI=1S/C23H22N2S2.HI/c1-3-17-11-10-14-20-23(17)25(4-2)22(27-20)16-7-5-6-15-21-24-18-12-8-9-13-19(18)26-21;/h5-16H,3-4H2,1-2H3;1H. The van der Waals surface area contributed by atoms with E-state index in [0.717, 1.165) is 13.0 Å². The number of nitrogens with zero attached hydrogens (tertiary/aromatic N) is 1. The number of anilines is 1. The fourth-order valence-corrected chi connectivity index (χ4v) is 5.42. The maximum Gasteiger partial charge on any atom is 0.262 e. The third-order valence-electron chi connectivity index (χ3n) is 4.60. The van der Waals surface area contributed by atoms with Gasteiger partial charge in [0.05, 0.1) is 10.7 Å². The van der Waals surface area contributed by atoms with Crippen LogP contribution < -0.4 is 33.9 Å². The second-order valence-electron chi connectivity index (χ2n) is 6.30. The summed E-state index contributed by atoms with van der Waals surface area (Å²) in [6, 6.07) is 15.0. The largest absolute Gasteiger partial charge is 1.00 e. The van der Waals surface area contributed by atoms with Gasteiger partial charge in [0.1, 0.15) is 11.2 Å². The molecule has 4 rings (SSSR count). The van der Waals surface area contributed by atoms with Gasteiger partial charge in [0.25, 0.3) is 5.01 Å². The van der Waals surface area contributed by atoms with Gasteiger partial charge in [0.15, 0.2) is 0 Å². The second kappa shape index (κ2) is 9.76. The molecule has 3 aromatic rings. The minimum absolute atomic E-state index is 0. The Kier molecular flexibility index (Phi) is 7.37. The molecule has 0 bridgehead atoms. The zero-order valence-electron chi connectivity index (χ0n) is 16.0. The second-order valence-corrected chi connectivity index (χ2v) is 8.45. The van der Waals surface area contributed by atoms with Gasteiger partial charge in [-0.15, -0.1) is 0 Å². The lowest BCUT2D eigenvalue weighted by molar-refractivity contribution is -0.665. The van der Waals surface area contributed by atoms with Crippen LogP contribution in [0.5, 0.6) is 0 Å². The number of hydrogen-bond acceptors (Lipinski definition) is 3. The first kappa shape index (κ1) is 21.1. The molecule has 0 spiro atoms. The van der Waals surface area contributed by atoms with Crippen molar-refractivity contribution in [1.82, 2.24) is 0 Å². The number of benzene rings is 2. The lowest BCUT2D eigenvalue weighted by atomic mass is 10.1. The van der Waals surface area contributed by atoms with E-state index in [1.165, 1.54) is 36.4 Å². The predicted molar refractivity (Wildman–Crippen MR) is 119 cm³/mol. The number of thioether (sulfide) groups is 1. The minimum Gasteiger partial charge on any atom is -1.00 e. The fourth-order valence-electron chi connectivity index (χ4n) is 3.31. The van der Waals surface area contributed by atoms with E-state index in [1.54, 1.807) is 11.8 Å². The van der Waals surface area contributed by atoms with Crippen LogP contribution in [-0.2, 0) is 13.0 Å². The Bertz CT molecular complexity index is 1040. The molecule has 0 fully saturated rings. The molecule has 0 aliphatic carbocycles. The van der Waals surface area contributed by atoms with Crippen molar-refractivity contribution < 1.29 is 28.5 Å². The fraction of sp³-hybridized carbons (Fsp3) is 0.174. The molecule has 0 radical (unpaired) electrons. The molecule has 2 nitrogen and oxygen atoms in total. The van der Waals surface area contributed by atoms with Crippen LogP contribution in [0, 0.1) is 0 Å². The number of para-hydroxylation sites is 2. The van der Waals surface area contributed by atoms with Gasteiger partial charge in [-0.25, -0.2) is 0 Å². The molecule has 2 aromatic carbocycles. The molecule has 5 heteroatoms. The van der Waals surface area contributed by atoms with E-state index < -0.39 is 0 Å². The van der Waals surface area contributed by atoms with Gasteiger partial charge in [0.2, 0.25) is 5.52 Å². The number of rotatable bonds is 5. The lowest BCUT2D eigenvalue weighted by Gasteiger charge is -1.97. The molecule has 0 unspecified atom stereocenters. The van der Waals surface area contributed by atoms with Crippen molar-refractivity contribution in [2.75, 3.05) is 5.32 Å². The van der Waals surface area contributed by atoms with Crippen molar-refractivity contribution in [2.24, 2.45) is 0 Å². The number of nitrogens with one attached hydrogen (secondary N) is 1. The van der Waals surface area contributed by atoms with Crippen molar-refractivity contribution in [3.63, 3.8) is 0 Å². The summed E-state index contributed by atoms with van der Waals surface area (Å²) in [6.45, 7) is 5.44. The third kappa shape index (κ3) is 4.36. The molecule has 0 saturated carbocycles. The van der Waals surface area contributed by atoms with E-state index in [1.807, 2.05) is 11.3 Å². The highest BCUT2D eigenvalue weighted by Gasteiger charge is 2.19. The molecule has 1 aromatic heterocycles. The number of hydrogen-bond donors (Lipinski definition) is 1. The quantitative estimate of drug-likeness (QED) is 0.317. The van der Waals surface area contributed by atoms with Gasteiger partial charge < -0.3 is 29.3 Å². The highest BCUT2D eigenvalue weighted by atomic mass is 127. The summed E-state index contributed by atoms with van der Waals surface area (Å²) in [6.07, 6.45) is 11.7. The number of fused-ring (bicyclic) bond motifs is 2. The van der Waals surface area contributed by atoms with Crippen molar-refractivity contribution >= 4 is 45.1 Å². The van der Waals surface area contributed by atoms with E-state index in [2.05, 4.69) is 96.6 Å². The molecule has 0 saturated heterocycles. The monoisotopic (exact) mass is 518 g/mol. The smallest absolute Gasteiger partial charge is 0.262 e. The molecule has 0 amide bonds. The first-order valence-corrected chi connectivity index (χ1v) is 11.0. The summed E-state index contributed by atoms with van der Waals surface area (Å²) in [7, 11) is 0.